The van der Waals surface area contributed by atoms with E-state index in [2.05, 4.69) is 6.92 Å². The summed E-state index contributed by atoms with van der Waals surface area (Å²) in [5.74, 6) is 0. The van der Waals surface area contributed by atoms with Crippen LogP contribution in [0.15, 0.2) is 29.2 Å². The van der Waals surface area contributed by atoms with Crippen molar-refractivity contribution in [1.29, 1.82) is 0 Å². The molecule has 0 radical (unpaired) electrons. The molecule has 0 fully saturated rings. The smallest absolute Gasteiger partial charge is 0.173 e. The van der Waals surface area contributed by atoms with Crippen molar-refractivity contribution in [3.05, 3.63) is 29.8 Å². The second-order valence-electron chi connectivity index (χ2n) is 5.02. The highest BCUT2D eigenvalue weighted by Gasteiger charge is 2.14. The minimum absolute atomic E-state index is 0.0526. The fraction of sp³-hybridized carbons (Fsp3) is 0.600. The molecule has 0 aliphatic carbocycles. The minimum atomic E-state index is -2.79. The molecular weight excluding hydrogens is 276 g/mol. The maximum absolute atomic E-state index is 12.4. The number of aryl methyl sites for hydroxylation is 1. The van der Waals surface area contributed by atoms with Gasteiger partial charge in [-0.15, -0.1) is 0 Å². The molecular formula is C15H24O2S2. The zero-order chi connectivity index (χ0) is 14.3. The van der Waals surface area contributed by atoms with Crippen LogP contribution in [0.4, 0.5) is 0 Å². The molecule has 0 bridgehead atoms. The van der Waals surface area contributed by atoms with Crippen LogP contribution in [-0.2, 0) is 24.1 Å². The Morgan fingerprint density at radius 3 is 2.42 bits per heavy atom. The van der Waals surface area contributed by atoms with Crippen molar-refractivity contribution in [2.45, 2.75) is 63.9 Å². The van der Waals surface area contributed by atoms with Crippen LogP contribution in [0.25, 0.3) is 0 Å². The molecule has 0 N–H and O–H groups in total. The largest absolute Gasteiger partial charge is 0.283 e. The Morgan fingerprint density at radius 1 is 1.21 bits per heavy atom. The lowest BCUT2D eigenvalue weighted by Crippen LogP contribution is -2.14. The van der Waals surface area contributed by atoms with Gasteiger partial charge >= 0.3 is 0 Å². The quantitative estimate of drug-likeness (QED) is 0.666. The van der Waals surface area contributed by atoms with Crippen molar-refractivity contribution in [3.63, 3.8) is 0 Å². The summed E-state index contributed by atoms with van der Waals surface area (Å²) in [6, 6.07) is 7.43. The highest BCUT2D eigenvalue weighted by atomic mass is 32.8. The maximum atomic E-state index is 12.4. The van der Waals surface area contributed by atoms with Crippen LogP contribution in [0.5, 0.6) is 0 Å². The molecule has 0 heterocycles. The average molecular weight is 300 g/mol. The topological polar surface area (TPSA) is 26.3 Å². The van der Waals surface area contributed by atoms with E-state index in [1.54, 1.807) is 12.1 Å². The van der Waals surface area contributed by atoms with Gasteiger partial charge in [-0.3, -0.25) is 4.18 Å². The Kier molecular flexibility index (Phi) is 6.97. The number of benzene rings is 1. The van der Waals surface area contributed by atoms with Crippen molar-refractivity contribution in [2.75, 3.05) is 0 Å². The standard InChI is InChI=1S/C15H24O2S2/c1-4-5-6-7-8-14(3)17-19(16,18)15-11-9-13(2)10-12-15/h9-12,14H,4-8H2,1-3H3/t14-,19?/m0/s1. The van der Waals surface area contributed by atoms with Gasteiger partial charge in [-0.2, -0.15) is 0 Å². The van der Waals surface area contributed by atoms with Gasteiger partial charge in [0, 0.05) is 11.2 Å². The molecule has 4 heteroatoms. The predicted octanol–water partition coefficient (Wildman–Crippen LogP) is 4.39. The molecule has 1 rings (SSSR count). The molecule has 108 valence electrons. The SMILES string of the molecule is CCCCCC[C@H](C)OS(=O)(=S)c1ccc(C)cc1. The first kappa shape index (κ1) is 16.6. The third-order valence-electron chi connectivity index (χ3n) is 3.06. The van der Waals surface area contributed by atoms with Crippen LogP contribution in [0.3, 0.4) is 0 Å². The van der Waals surface area contributed by atoms with Gasteiger partial charge < -0.3 is 0 Å². The van der Waals surface area contributed by atoms with Crippen molar-refractivity contribution < 1.29 is 8.39 Å². The monoisotopic (exact) mass is 300 g/mol. The molecule has 1 aromatic rings. The molecule has 1 unspecified atom stereocenters. The molecule has 0 aliphatic heterocycles. The molecule has 0 amide bonds. The maximum Gasteiger partial charge on any atom is 0.173 e. The van der Waals surface area contributed by atoms with E-state index in [-0.39, 0.29) is 6.10 Å². The minimum Gasteiger partial charge on any atom is -0.283 e. The number of unbranched alkanes of at least 4 members (excludes halogenated alkanes) is 3. The predicted molar refractivity (Wildman–Crippen MR) is 84.3 cm³/mol. The Hall–Kier alpha value is -0.450. The molecule has 0 aromatic heterocycles. The zero-order valence-electron chi connectivity index (χ0n) is 12.1. The van der Waals surface area contributed by atoms with E-state index < -0.39 is 8.77 Å². The Bertz CT molecular complexity index is 463. The first-order valence-electron chi connectivity index (χ1n) is 6.95. The van der Waals surface area contributed by atoms with Gasteiger partial charge in [0.05, 0.1) is 11.0 Å². The van der Waals surface area contributed by atoms with Crippen LogP contribution in [0.2, 0.25) is 0 Å². The first-order valence-corrected chi connectivity index (χ1v) is 9.36. The summed E-state index contributed by atoms with van der Waals surface area (Å²) in [7, 11) is -2.79. The van der Waals surface area contributed by atoms with E-state index in [4.69, 9.17) is 15.4 Å². The van der Waals surface area contributed by atoms with Gasteiger partial charge in [-0.1, -0.05) is 50.3 Å². The van der Waals surface area contributed by atoms with Crippen molar-refractivity contribution >= 4 is 20.0 Å². The summed E-state index contributed by atoms with van der Waals surface area (Å²) >= 11 is 5.14. The lowest BCUT2D eigenvalue weighted by Gasteiger charge is -2.15. The average Bonchev–Trinajstić information content (AvgIpc) is 2.34. The van der Waals surface area contributed by atoms with Crippen LogP contribution >= 0.6 is 0 Å². The molecule has 0 saturated heterocycles. The molecule has 1 aromatic carbocycles. The van der Waals surface area contributed by atoms with Gasteiger partial charge in [0.25, 0.3) is 0 Å². The van der Waals surface area contributed by atoms with Crippen molar-refractivity contribution in [1.82, 2.24) is 0 Å². The Morgan fingerprint density at radius 2 is 1.84 bits per heavy atom. The summed E-state index contributed by atoms with van der Waals surface area (Å²) < 4.78 is 18.0. The molecule has 0 spiro atoms. The summed E-state index contributed by atoms with van der Waals surface area (Å²) in [6.45, 7) is 6.13. The third kappa shape index (κ3) is 6.02. The highest BCUT2D eigenvalue weighted by Crippen LogP contribution is 2.18. The van der Waals surface area contributed by atoms with E-state index in [1.165, 1.54) is 19.3 Å². The Labute approximate surface area is 122 Å². The Balaban J connectivity index is 2.52. The van der Waals surface area contributed by atoms with E-state index in [1.807, 2.05) is 26.0 Å². The number of rotatable bonds is 8. The lowest BCUT2D eigenvalue weighted by atomic mass is 10.1. The molecule has 2 nitrogen and oxygen atoms in total. The van der Waals surface area contributed by atoms with Crippen LogP contribution in [0, 0.1) is 6.92 Å². The third-order valence-corrected chi connectivity index (χ3v) is 5.31. The fourth-order valence-corrected chi connectivity index (χ4v) is 3.73. The molecule has 0 aliphatic rings. The molecule has 19 heavy (non-hydrogen) atoms. The normalized spacial score (nSPS) is 15.9. The van der Waals surface area contributed by atoms with Gasteiger partial charge in [-0.05, 0) is 32.4 Å². The van der Waals surface area contributed by atoms with Gasteiger partial charge in [-0.25, -0.2) is 4.21 Å². The van der Waals surface area contributed by atoms with Crippen LogP contribution < -0.4 is 0 Å². The summed E-state index contributed by atoms with van der Waals surface area (Å²) in [6.07, 6.45) is 5.63. The van der Waals surface area contributed by atoms with Crippen LogP contribution in [0.1, 0.15) is 51.5 Å². The molecule has 2 atom stereocenters. The van der Waals surface area contributed by atoms with Crippen molar-refractivity contribution in [3.8, 4) is 0 Å². The second-order valence-corrected chi connectivity index (χ2v) is 7.91. The van der Waals surface area contributed by atoms with Gasteiger partial charge in [0.1, 0.15) is 0 Å². The number of hydrogen-bond donors (Lipinski definition) is 0. The van der Waals surface area contributed by atoms with Crippen molar-refractivity contribution in [2.24, 2.45) is 0 Å². The van der Waals surface area contributed by atoms with Crippen LogP contribution in [-0.4, -0.2) is 10.3 Å². The second kappa shape index (κ2) is 7.98. The fourth-order valence-electron chi connectivity index (χ4n) is 1.88. The lowest BCUT2D eigenvalue weighted by molar-refractivity contribution is 0.229. The zero-order valence-corrected chi connectivity index (χ0v) is 13.7. The van der Waals surface area contributed by atoms with E-state index in [0.29, 0.717) is 4.90 Å². The van der Waals surface area contributed by atoms with E-state index >= 15 is 0 Å². The van der Waals surface area contributed by atoms with E-state index in [0.717, 1.165) is 18.4 Å². The molecule has 0 saturated carbocycles. The van der Waals surface area contributed by atoms with E-state index in [9.17, 15) is 4.21 Å². The summed E-state index contributed by atoms with van der Waals surface area (Å²) in [5.41, 5.74) is 1.13. The van der Waals surface area contributed by atoms with Gasteiger partial charge in [0.2, 0.25) is 0 Å². The highest BCUT2D eigenvalue weighted by molar-refractivity contribution is 8.30. The summed E-state index contributed by atoms with van der Waals surface area (Å²) in [4.78, 5) is 0.605. The summed E-state index contributed by atoms with van der Waals surface area (Å²) in [5, 5.41) is 0. The van der Waals surface area contributed by atoms with Gasteiger partial charge in [0.15, 0.2) is 8.77 Å². The number of hydrogen-bond acceptors (Lipinski definition) is 3. The first-order chi connectivity index (χ1) is 8.95.